The lowest BCUT2D eigenvalue weighted by Gasteiger charge is -2.32. The van der Waals surface area contributed by atoms with Crippen LogP contribution >= 0.6 is 0 Å². The lowest BCUT2D eigenvalue weighted by atomic mass is 9.78. The van der Waals surface area contributed by atoms with Gasteiger partial charge in [0, 0.05) is 25.7 Å². The first-order valence-electron chi connectivity index (χ1n) is 8.81. The Labute approximate surface area is 152 Å². The quantitative estimate of drug-likeness (QED) is 0.764. The van der Waals surface area contributed by atoms with E-state index in [1.54, 1.807) is 4.90 Å². The summed E-state index contributed by atoms with van der Waals surface area (Å²) in [7, 11) is 5.44. The Morgan fingerprint density at radius 1 is 1.04 bits per heavy atom. The van der Waals surface area contributed by atoms with Crippen LogP contribution in [0.1, 0.15) is 43.6 Å². The molecule has 0 unspecified atom stereocenters. The third kappa shape index (κ3) is 4.25. The van der Waals surface area contributed by atoms with Crippen LogP contribution in [0.25, 0.3) is 0 Å². The van der Waals surface area contributed by atoms with Crippen molar-refractivity contribution >= 4 is 18.5 Å². The van der Waals surface area contributed by atoms with Gasteiger partial charge in [-0.2, -0.15) is 0 Å². The van der Waals surface area contributed by atoms with Crippen LogP contribution in [-0.2, 0) is 9.31 Å². The van der Waals surface area contributed by atoms with Gasteiger partial charge in [-0.3, -0.25) is 4.79 Å². The van der Waals surface area contributed by atoms with E-state index in [2.05, 4.69) is 4.90 Å². The van der Waals surface area contributed by atoms with Crippen LogP contribution in [0.3, 0.4) is 0 Å². The molecule has 25 heavy (non-hydrogen) atoms. The first kappa shape index (κ1) is 20.0. The van der Waals surface area contributed by atoms with Gasteiger partial charge < -0.3 is 19.1 Å². The maximum absolute atomic E-state index is 12.7. The van der Waals surface area contributed by atoms with E-state index in [-0.39, 0.29) is 17.1 Å². The lowest BCUT2D eigenvalue weighted by molar-refractivity contribution is 0.00578. The van der Waals surface area contributed by atoms with Gasteiger partial charge in [0.05, 0.1) is 11.2 Å². The zero-order valence-corrected chi connectivity index (χ0v) is 16.8. The molecule has 0 aromatic heterocycles. The molecule has 0 radical (unpaired) electrons. The van der Waals surface area contributed by atoms with Crippen molar-refractivity contribution in [3.8, 4) is 0 Å². The molecule has 1 aromatic carbocycles. The van der Waals surface area contributed by atoms with Gasteiger partial charge in [0.15, 0.2) is 0 Å². The van der Waals surface area contributed by atoms with Gasteiger partial charge in [0.1, 0.15) is 0 Å². The Kier molecular flexibility index (Phi) is 5.67. The Bertz CT molecular complexity index is 628. The Morgan fingerprint density at radius 2 is 1.60 bits per heavy atom. The number of carbonyl (C=O) groups is 1. The fraction of sp³-hybridized carbons (Fsp3) is 0.632. The van der Waals surface area contributed by atoms with Crippen LogP contribution in [0, 0.1) is 6.92 Å². The van der Waals surface area contributed by atoms with Crippen LogP contribution < -0.4 is 5.46 Å². The zero-order chi connectivity index (χ0) is 19.0. The zero-order valence-electron chi connectivity index (χ0n) is 16.8. The van der Waals surface area contributed by atoms with E-state index in [4.69, 9.17) is 9.31 Å². The van der Waals surface area contributed by atoms with Crippen LogP contribution in [-0.4, -0.2) is 68.3 Å². The summed E-state index contributed by atoms with van der Waals surface area (Å²) in [5.74, 6) is 0.0415. The van der Waals surface area contributed by atoms with E-state index >= 15 is 0 Å². The Hall–Kier alpha value is -1.37. The van der Waals surface area contributed by atoms with E-state index in [9.17, 15) is 4.79 Å². The molecule has 1 aromatic rings. The summed E-state index contributed by atoms with van der Waals surface area (Å²) in [4.78, 5) is 16.5. The van der Waals surface area contributed by atoms with Crippen LogP contribution in [0.5, 0.6) is 0 Å². The third-order valence-electron chi connectivity index (χ3n) is 5.24. The third-order valence-corrected chi connectivity index (χ3v) is 5.24. The Balaban J connectivity index is 2.15. The van der Waals surface area contributed by atoms with E-state index < -0.39 is 7.12 Å². The van der Waals surface area contributed by atoms with Gasteiger partial charge in [-0.25, -0.2) is 0 Å². The van der Waals surface area contributed by atoms with E-state index in [1.807, 2.05) is 74.0 Å². The van der Waals surface area contributed by atoms with Crippen molar-refractivity contribution < 1.29 is 14.1 Å². The molecule has 2 rings (SSSR count). The molecule has 0 saturated carbocycles. The fourth-order valence-corrected chi connectivity index (χ4v) is 2.71. The highest BCUT2D eigenvalue weighted by molar-refractivity contribution is 6.62. The second-order valence-electron chi connectivity index (χ2n) is 8.19. The van der Waals surface area contributed by atoms with Crippen LogP contribution in [0.15, 0.2) is 18.2 Å². The minimum atomic E-state index is -0.403. The van der Waals surface area contributed by atoms with Gasteiger partial charge in [0.2, 0.25) is 0 Å². The van der Waals surface area contributed by atoms with Crippen molar-refractivity contribution in [2.45, 2.75) is 45.8 Å². The van der Waals surface area contributed by atoms with Crippen molar-refractivity contribution in [1.29, 1.82) is 0 Å². The molecule has 0 atom stereocenters. The number of aryl methyl sites for hydroxylation is 1. The summed E-state index contributed by atoms with van der Waals surface area (Å²) < 4.78 is 12.2. The summed E-state index contributed by atoms with van der Waals surface area (Å²) in [6, 6.07) is 5.81. The number of rotatable bonds is 5. The first-order chi connectivity index (χ1) is 11.4. The molecule has 1 heterocycles. The van der Waals surface area contributed by atoms with Crippen molar-refractivity contribution in [2.24, 2.45) is 0 Å². The molecule has 0 aliphatic carbocycles. The van der Waals surface area contributed by atoms with Crippen molar-refractivity contribution in [3.05, 3.63) is 29.3 Å². The molecule has 1 aliphatic rings. The van der Waals surface area contributed by atoms with Crippen molar-refractivity contribution in [3.63, 3.8) is 0 Å². The van der Waals surface area contributed by atoms with Gasteiger partial charge >= 0.3 is 7.12 Å². The summed E-state index contributed by atoms with van der Waals surface area (Å²) in [5.41, 5.74) is 1.87. The molecule has 1 amide bonds. The topological polar surface area (TPSA) is 42.0 Å². The molecule has 6 heteroatoms. The minimum Gasteiger partial charge on any atom is -0.399 e. The molecule has 1 fully saturated rings. The average molecular weight is 346 g/mol. The molecule has 138 valence electrons. The second kappa shape index (κ2) is 7.10. The van der Waals surface area contributed by atoms with Crippen molar-refractivity contribution in [1.82, 2.24) is 9.80 Å². The molecule has 5 nitrogen and oxygen atoms in total. The summed E-state index contributed by atoms with van der Waals surface area (Å²) in [6.07, 6.45) is 0. The molecule has 0 N–H and O–H groups in total. The highest BCUT2D eigenvalue weighted by Gasteiger charge is 2.51. The highest BCUT2D eigenvalue weighted by Crippen LogP contribution is 2.36. The number of carbonyl (C=O) groups excluding carboxylic acids is 1. The summed E-state index contributed by atoms with van der Waals surface area (Å²) in [6.45, 7) is 11.7. The standard InChI is InChI=1S/C19H31BN2O3/c1-14-13-15(20-24-18(2,3)19(4,5)25-20)9-10-16(14)17(23)22(8)12-11-21(6)7/h9-10,13H,11-12H2,1-8H3. The molecule has 0 spiro atoms. The van der Waals surface area contributed by atoms with Crippen LogP contribution in [0.2, 0.25) is 0 Å². The monoisotopic (exact) mass is 346 g/mol. The van der Waals surface area contributed by atoms with E-state index in [0.29, 0.717) is 6.54 Å². The minimum absolute atomic E-state index is 0.0415. The highest BCUT2D eigenvalue weighted by atomic mass is 16.7. The average Bonchev–Trinajstić information content (AvgIpc) is 2.72. The maximum Gasteiger partial charge on any atom is 0.494 e. The molecule has 1 aliphatic heterocycles. The number of nitrogens with zero attached hydrogens (tertiary/aromatic N) is 2. The smallest absolute Gasteiger partial charge is 0.399 e. The summed E-state index contributed by atoms with van der Waals surface area (Å²) >= 11 is 0. The molecule has 1 saturated heterocycles. The summed E-state index contributed by atoms with van der Waals surface area (Å²) in [5, 5.41) is 0. The number of benzene rings is 1. The predicted octanol–water partition coefficient (Wildman–Crippen LogP) is 1.93. The predicted molar refractivity (Wildman–Crippen MR) is 102 cm³/mol. The Morgan fingerprint density at radius 3 is 2.08 bits per heavy atom. The lowest BCUT2D eigenvalue weighted by Crippen LogP contribution is -2.41. The molecule has 0 bridgehead atoms. The second-order valence-corrected chi connectivity index (χ2v) is 8.19. The van der Waals surface area contributed by atoms with Gasteiger partial charge in [-0.15, -0.1) is 0 Å². The maximum atomic E-state index is 12.7. The SMILES string of the molecule is Cc1cc(B2OC(C)(C)C(C)(C)O2)ccc1C(=O)N(C)CCN(C)C. The van der Waals surface area contributed by atoms with Crippen molar-refractivity contribution in [2.75, 3.05) is 34.2 Å². The molecular formula is C19H31BN2O3. The fourth-order valence-electron chi connectivity index (χ4n) is 2.71. The number of amides is 1. The normalized spacial score (nSPS) is 18.7. The van der Waals surface area contributed by atoms with E-state index in [1.165, 1.54) is 0 Å². The van der Waals surface area contributed by atoms with Crippen LogP contribution in [0.4, 0.5) is 0 Å². The number of likely N-dealkylation sites (N-methyl/N-ethyl adjacent to an activating group) is 2. The largest absolute Gasteiger partial charge is 0.494 e. The van der Waals surface area contributed by atoms with Gasteiger partial charge in [0.25, 0.3) is 5.91 Å². The first-order valence-corrected chi connectivity index (χ1v) is 8.81. The van der Waals surface area contributed by atoms with Gasteiger partial charge in [-0.05, 0) is 65.8 Å². The van der Waals surface area contributed by atoms with E-state index in [0.717, 1.165) is 23.1 Å². The van der Waals surface area contributed by atoms with Gasteiger partial charge in [-0.1, -0.05) is 12.1 Å². The number of hydrogen-bond donors (Lipinski definition) is 0. The number of hydrogen-bond acceptors (Lipinski definition) is 4. The molecular weight excluding hydrogens is 315 g/mol.